The first kappa shape index (κ1) is 12.6. The second-order valence-electron chi connectivity index (χ2n) is 2.88. The van der Waals surface area contributed by atoms with Gasteiger partial charge in [-0.15, -0.1) is 0 Å². The van der Waals surface area contributed by atoms with E-state index in [2.05, 4.69) is 4.18 Å². The summed E-state index contributed by atoms with van der Waals surface area (Å²) in [7, 11) is -5.70. The van der Waals surface area contributed by atoms with Crippen LogP contribution in [0, 0.1) is 6.92 Å². The summed E-state index contributed by atoms with van der Waals surface area (Å²) < 4.78 is 61.1. The lowest BCUT2D eigenvalue weighted by Crippen LogP contribution is -2.28. The standard InChI is InChI=1S/C8H7F3O4S/c1-5-6(12)3-2-4-7(5)15-16(13,14)8(9,10)11/h2-4,12H,1H3. The van der Waals surface area contributed by atoms with E-state index in [0.29, 0.717) is 0 Å². The smallest absolute Gasteiger partial charge is 0.508 e. The lowest BCUT2D eigenvalue weighted by atomic mass is 10.2. The number of rotatable bonds is 2. The van der Waals surface area contributed by atoms with Crippen LogP contribution in [0.5, 0.6) is 11.5 Å². The molecule has 1 N–H and O–H groups in total. The van der Waals surface area contributed by atoms with E-state index in [1.165, 1.54) is 19.1 Å². The van der Waals surface area contributed by atoms with Crippen LogP contribution in [0.2, 0.25) is 0 Å². The molecule has 0 bridgehead atoms. The molecular formula is C8H7F3O4S. The van der Waals surface area contributed by atoms with Gasteiger partial charge in [-0.1, -0.05) is 6.07 Å². The maximum Gasteiger partial charge on any atom is 0.534 e. The third-order valence-electron chi connectivity index (χ3n) is 1.74. The average molecular weight is 256 g/mol. The van der Waals surface area contributed by atoms with Crippen LogP contribution in [0.4, 0.5) is 13.2 Å². The summed E-state index contributed by atoms with van der Waals surface area (Å²) in [5, 5.41) is 9.14. The Balaban J connectivity index is 3.12. The first-order chi connectivity index (χ1) is 7.15. The molecule has 0 aliphatic rings. The van der Waals surface area contributed by atoms with Gasteiger partial charge in [0.15, 0.2) is 0 Å². The summed E-state index contributed by atoms with van der Waals surface area (Å²) in [5.41, 5.74) is -5.58. The Kier molecular flexibility index (Phi) is 3.04. The summed E-state index contributed by atoms with van der Waals surface area (Å²) >= 11 is 0. The molecule has 0 aromatic heterocycles. The number of benzene rings is 1. The largest absolute Gasteiger partial charge is 0.534 e. The molecular weight excluding hydrogens is 249 g/mol. The minimum Gasteiger partial charge on any atom is -0.508 e. The van der Waals surface area contributed by atoms with Gasteiger partial charge in [0.1, 0.15) is 11.5 Å². The molecule has 0 saturated heterocycles. The fourth-order valence-electron chi connectivity index (χ4n) is 0.859. The maximum absolute atomic E-state index is 12.0. The number of hydrogen-bond donors (Lipinski definition) is 1. The number of halogens is 3. The van der Waals surface area contributed by atoms with Crippen molar-refractivity contribution in [2.45, 2.75) is 12.4 Å². The Morgan fingerprint density at radius 1 is 1.31 bits per heavy atom. The molecule has 8 heteroatoms. The normalized spacial score (nSPS) is 12.5. The Morgan fingerprint density at radius 3 is 2.38 bits per heavy atom. The topological polar surface area (TPSA) is 63.6 Å². The zero-order chi connectivity index (χ0) is 12.6. The number of phenolic OH excluding ortho intramolecular Hbond substituents is 1. The number of phenols is 1. The molecule has 0 saturated carbocycles. The van der Waals surface area contributed by atoms with Crippen molar-refractivity contribution < 1.29 is 30.9 Å². The SMILES string of the molecule is Cc1c(O)cccc1OS(=O)(=O)C(F)(F)F. The first-order valence-electron chi connectivity index (χ1n) is 3.94. The van der Waals surface area contributed by atoms with Gasteiger partial charge in [-0.3, -0.25) is 0 Å². The molecule has 16 heavy (non-hydrogen) atoms. The molecule has 1 aromatic carbocycles. The minimum atomic E-state index is -5.70. The highest BCUT2D eigenvalue weighted by Crippen LogP contribution is 2.31. The van der Waals surface area contributed by atoms with Crippen molar-refractivity contribution in [3.05, 3.63) is 23.8 Å². The molecule has 1 rings (SSSR count). The zero-order valence-electron chi connectivity index (χ0n) is 7.95. The van der Waals surface area contributed by atoms with E-state index >= 15 is 0 Å². The molecule has 0 amide bonds. The van der Waals surface area contributed by atoms with E-state index in [9.17, 15) is 21.6 Å². The lowest BCUT2D eigenvalue weighted by molar-refractivity contribution is -0.0500. The van der Waals surface area contributed by atoms with Crippen LogP contribution in [-0.4, -0.2) is 19.0 Å². The minimum absolute atomic E-state index is 0.0877. The average Bonchev–Trinajstić information content (AvgIpc) is 2.11. The van der Waals surface area contributed by atoms with Crippen molar-refractivity contribution >= 4 is 10.1 Å². The molecule has 0 aliphatic carbocycles. The van der Waals surface area contributed by atoms with Crippen molar-refractivity contribution in [2.75, 3.05) is 0 Å². The van der Waals surface area contributed by atoms with E-state index < -0.39 is 21.4 Å². The first-order valence-corrected chi connectivity index (χ1v) is 5.35. The second kappa shape index (κ2) is 3.85. The molecule has 0 atom stereocenters. The third kappa shape index (κ3) is 2.38. The quantitative estimate of drug-likeness (QED) is 0.648. The Hall–Kier alpha value is -1.44. The Labute approximate surface area is 89.4 Å². The van der Waals surface area contributed by atoms with E-state index in [4.69, 9.17) is 5.11 Å². The third-order valence-corrected chi connectivity index (χ3v) is 2.70. The van der Waals surface area contributed by atoms with Gasteiger partial charge >= 0.3 is 15.6 Å². The van der Waals surface area contributed by atoms with E-state index in [1.807, 2.05) is 0 Å². The Bertz CT molecular complexity index is 492. The molecule has 0 radical (unpaired) electrons. The van der Waals surface area contributed by atoms with Crippen LogP contribution in [0.1, 0.15) is 5.56 Å². The fraction of sp³-hybridized carbons (Fsp3) is 0.250. The van der Waals surface area contributed by atoms with Crippen LogP contribution in [0.3, 0.4) is 0 Å². The monoisotopic (exact) mass is 256 g/mol. The van der Waals surface area contributed by atoms with Gasteiger partial charge in [-0.25, -0.2) is 0 Å². The van der Waals surface area contributed by atoms with Crippen LogP contribution in [0.25, 0.3) is 0 Å². The molecule has 0 unspecified atom stereocenters. The molecule has 4 nitrogen and oxygen atoms in total. The van der Waals surface area contributed by atoms with Crippen molar-refractivity contribution in [3.8, 4) is 11.5 Å². The summed E-state index contributed by atoms with van der Waals surface area (Å²) in [6, 6.07) is 3.38. The number of alkyl halides is 3. The van der Waals surface area contributed by atoms with Crippen LogP contribution >= 0.6 is 0 Å². The highest BCUT2D eigenvalue weighted by molar-refractivity contribution is 7.88. The number of hydrogen-bond acceptors (Lipinski definition) is 4. The van der Waals surface area contributed by atoms with Crippen molar-refractivity contribution in [3.63, 3.8) is 0 Å². The van der Waals surface area contributed by atoms with Gasteiger partial charge in [0, 0.05) is 5.56 Å². The van der Waals surface area contributed by atoms with Crippen molar-refractivity contribution in [2.24, 2.45) is 0 Å². The molecule has 0 spiro atoms. The van der Waals surface area contributed by atoms with Gasteiger partial charge < -0.3 is 9.29 Å². The zero-order valence-corrected chi connectivity index (χ0v) is 8.76. The molecule has 0 heterocycles. The predicted molar refractivity (Wildman–Crippen MR) is 48.4 cm³/mol. The van der Waals surface area contributed by atoms with Gasteiger partial charge in [0.25, 0.3) is 0 Å². The van der Waals surface area contributed by atoms with Crippen molar-refractivity contribution in [1.29, 1.82) is 0 Å². The van der Waals surface area contributed by atoms with E-state index in [0.717, 1.165) is 6.07 Å². The Morgan fingerprint density at radius 2 is 1.88 bits per heavy atom. The maximum atomic E-state index is 12.0. The fourth-order valence-corrected chi connectivity index (χ4v) is 1.37. The molecule has 1 aromatic rings. The van der Waals surface area contributed by atoms with Gasteiger partial charge in [-0.2, -0.15) is 21.6 Å². The number of aromatic hydroxyl groups is 1. The van der Waals surface area contributed by atoms with Gasteiger partial charge in [-0.05, 0) is 19.1 Å². The summed E-state index contributed by atoms with van der Waals surface area (Å²) in [4.78, 5) is 0. The van der Waals surface area contributed by atoms with Gasteiger partial charge in [0.05, 0.1) is 0 Å². The van der Waals surface area contributed by atoms with E-state index in [-0.39, 0.29) is 11.3 Å². The summed E-state index contributed by atoms with van der Waals surface area (Å²) in [5.74, 6) is -0.910. The molecule has 0 aliphatic heterocycles. The van der Waals surface area contributed by atoms with Crippen LogP contribution in [0.15, 0.2) is 18.2 Å². The second-order valence-corrected chi connectivity index (χ2v) is 4.42. The van der Waals surface area contributed by atoms with Crippen LogP contribution in [-0.2, 0) is 10.1 Å². The summed E-state index contributed by atoms with van der Waals surface area (Å²) in [6.07, 6.45) is 0. The molecule has 90 valence electrons. The van der Waals surface area contributed by atoms with E-state index in [1.54, 1.807) is 0 Å². The summed E-state index contributed by atoms with van der Waals surface area (Å²) in [6.45, 7) is 1.23. The highest BCUT2D eigenvalue weighted by Gasteiger charge is 2.48. The van der Waals surface area contributed by atoms with Crippen molar-refractivity contribution in [1.82, 2.24) is 0 Å². The lowest BCUT2D eigenvalue weighted by Gasteiger charge is -2.11. The predicted octanol–water partition coefficient (Wildman–Crippen LogP) is 1.93. The van der Waals surface area contributed by atoms with Gasteiger partial charge in [0.2, 0.25) is 0 Å². The van der Waals surface area contributed by atoms with Crippen LogP contribution < -0.4 is 4.18 Å². The highest BCUT2D eigenvalue weighted by atomic mass is 32.2. The molecule has 0 fully saturated rings.